The lowest BCUT2D eigenvalue weighted by Gasteiger charge is -2.14. The van der Waals surface area contributed by atoms with Gasteiger partial charge in [0.25, 0.3) is 0 Å². The summed E-state index contributed by atoms with van der Waals surface area (Å²) in [5.41, 5.74) is -0.522. The molecule has 0 saturated heterocycles. The Balaban J connectivity index is 2.53. The maximum absolute atomic E-state index is 12.6. The van der Waals surface area contributed by atoms with Crippen molar-refractivity contribution in [3.8, 4) is 0 Å². The number of hydrogen-bond donors (Lipinski definition) is 2. The first-order chi connectivity index (χ1) is 8.05. The third-order valence-electron chi connectivity index (χ3n) is 2.38. The average Bonchev–Trinajstić information content (AvgIpc) is 2.28. The Morgan fingerprint density at radius 1 is 1.06 bits per heavy atom. The van der Waals surface area contributed by atoms with Crippen LogP contribution in [-0.4, -0.2) is 18.3 Å². The van der Waals surface area contributed by atoms with Gasteiger partial charge in [0.1, 0.15) is 0 Å². The molecule has 0 spiro atoms. The van der Waals surface area contributed by atoms with E-state index in [0.29, 0.717) is 13.0 Å². The fraction of sp³-hybridized carbons (Fsp3) is 0.500. The number of anilines is 1. The van der Waals surface area contributed by atoms with Gasteiger partial charge in [-0.1, -0.05) is 12.1 Å². The molecular formula is C12H16F3NO. The summed E-state index contributed by atoms with van der Waals surface area (Å²) in [6.07, 6.45) is -2.10. The van der Waals surface area contributed by atoms with Gasteiger partial charge in [-0.3, -0.25) is 0 Å². The summed E-state index contributed by atoms with van der Waals surface area (Å²) >= 11 is 0. The Morgan fingerprint density at radius 2 is 1.76 bits per heavy atom. The van der Waals surface area contributed by atoms with Gasteiger partial charge in [0.2, 0.25) is 0 Å². The highest BCUT2D eigenvalue weighted by atomic mass is 19.4. The number of hydrogen-bond acceptors (Lipinski definition) is 2. The molecule has 0 heterocycles. The molecule has 0 fully saturated rings. The summed E-state index contributed by atoms with van der Waals surface area (Å²) in [4.78, 5) is 0. The van der Waals surface area contributed by atoms with E-state index in [1.54, 1.807) is 6.07 Å². The maximum Gasteiger partial charge on any atom is 0.418 e. The van der Waals surface area contributed by atoms with E-state index < -0.39 is 11.7 Å². The lowest BCUT2D eigenvalue weighted by molar-refractivity contribution is -0.136. The molecule has 0 aliphatic heterocycles. The fourth-order valence-electron chi connectivity index (χ4n) is 1.52. The molecule has 0 aliphatic rings. The molecule has 5 heteroatoms. The van der Waals surface area contributed by atoms with E-state index in [1.807, 2.05) is 0 Å². The largest absolute Gasteiger partial charge is 0.418 e. The second-order valence-electron chi connectivity index (χ2n) is 3.75. The summed E-state index contributed by atoms with van der Waals surface area (Å²) in [5.74, 6) is 0. The smallest absolute Gasteiger partial charge is 0.396 e. The van der Waals surface area contributed by atoms with Gasteiger partial charge in [-0.15, -0.1) is 0 Å². The summed E-state index contributed by atoms with van der Waals surface area (Å²) in [5, 5.41) is 11.3. The van der Waals surface area contributed by atoms with E-state index in [9.17, 15) is 13.2 Å². The van der Waals surface area contributed by atoms with E-state index in [-0.39, 0.29) is 12.3 Å². The van der Waals surface area contributed by atoms with Gasteiger partial charge in [-0.2, -0.15) is 13.2 Å². The number of nitrogens with one attached hydrogen (secondary N) is 1. The molecular weight excluding hydrogens is 231 g/mol. The van der Waals surface area contributed by atoms with Gasteiger partial charge < -0.3 is 10.4 Å². The van der Waals surface area contributed by atoms with Crippen molar-refractivity contribution in [3.05, 3.63) is 29.8 Å². The Labute approximate surface area is 98.5 Å². The van der Waals surface area contributed by atoms with Crippen molar-refractivity contribution in [1.29, 1.82) is 0 Å². The third kappa shape index (κ3) is 4.65. The van der Waals surface area contributed by atoms with Gasteiger partial charge in [-0.05, 0) is 31.4 Å². The highest BCUT2D eigenvalue weighted by Gasteiger charge is 2.32. The maximum atomic E-state index is 12.6. The zero-order chi connectivity index (χ0) is 12.7. The fourth-order valence-corrected chi connectivity index (χ4v) is 1.52. The Hall–Kier alpha value is -1.23. The van der Waals surface area contributed by atoms with Crippen molar-refractivity contribution in [3.63, 3.8) is 0 Å². The topological polar surface area (TPSA) is 32.3 Å². The lowest BCUT2D eigenvalue weighted by atomic mass is 10.1. The normalized spacial score (nSPS) is 11.5. The molecule has 0 bridgehead atoms. The molecule has 0 unspecified atom stereocenters. The van der Waals surface area contributed by atoms with Gasteiger partial charge >= 0.3 is 6.18 Å². The van der Waals surface area contributed by atoms with Gasteiger partial charge in [0.05, 0.1) is 5.56 Å². The number of unbranched alkanes of at least 4 members (excludes halogenated alkanes) is 2. The molecule has 2 nitrogen and oxygen atoms in total. The molecule has 0 saturated carbocycles. The summed E-state index contributed by atoms with van der Waals surface area (Å²) < 4.78 is 37.8. The molecule has 1 aromatic rings. The summed E-state index contributed by atoms with van der Waals surface area (Å²) in [6.45, 7) is 0.603. The monoisotopic (exact) mass is 247 g/mol. The second-order valence-corrected chi connectivity index (χ2v) is 3.75. The van der Waals surface area contributed by atoms with Crippen molar-refractivity contribution in [2.45, 2.75) is 25.4 Å². The van der Waals surface area contributed by atoms with Gasteiger partial charge in [-0.25, -0.2) is 0 Å². The molecule has 0 radical (unpaired) electrons. The first-order valence-corrected chi connectivity index (χ1v) is 5.56. The van der Waals surface area contributed by atoms with E-state index in [2.05, 4.69) is 5.32 Å². The SMILES string of the molecule is OCCCCCNc1ccccc1C(F)(F)F. The van der Waals surface area contributed by atoms with Crippen molar-refractivity contribution >= 4 is 5.69 Å². The quantitative estimate of drug-likeness (QED) is 0.756. The highest BCUT2D eigenvalue weighted by Crippen LogP contribution is 2.34. The van der Waals surface area contributed by atoms with E-state index in [0.717, 1.165) is 18.9 Å². The van der Waals surface area contributed by atoms with Crippen LogP contribution in [0.3, 0.4) is 0 Å². The van der Waals surface area contributed by atoms with Crippen LogP contribution in [0.25, 0.3) is 0 Å². The highest BCUT2D eigenvalue weighted by molar-refractivity contribution is 5.52. The Morgan fingerprint density at radius 3 is 2.41 bits per heavy atom. The number of aliphatic hydroxyl groups is 1. The number of benzene rings is 1. The Bertz CT molecular complexity index is 339. The van der Waals surface area contributed by atoms with Crippen molar-refractivity contribution in [2.75, 3.05) is 18.5 Å². The van der Waals surface area contributed by atoms with Crippen LogP contribution in [0.4, 0.5) is 18.9 Å². The minimum absolute atomic E-state index is 0.115. The number of rotatable bonds is 6. The van der Waals surface area contributed by atoms with Crippen LogP contribution >= 0.6 is 0 Å². The predicted molar refractivity (Wildman–Crippen MR) is 60.9 cm³/mol. The minimum atomic E-state index is -4.32. The second kappa shape index (κ2) is 6.49. The van der Waals surface area contributed by atoms with E-state index >= 15 is 0 Å². The van der Waals surface area contributed by atoms with Crippen LogP contribution in [0, 0.1) is 0 Å². The minimum Gasteiger partial charge on any atom is -0.396 e. The predicted octanol–water partition coefficient (Wildman–Crippen LogP) is 3.28. The van der Waals surface area contributed by atoms with E-state index in [4.69, 9.17) is 5.11 Å². The van der Waals surface area contributed by atoms with Crippen LogP contribution in [0.1, 0.15) is 24.8 Å². The standard InChI is InChI=1S/C12H16F3NO/c13-12(14,15)10-6-2-3-7-11(10)16-8-4-1-5-9-17/h2-3,6-7,16-17H,1,4-5,8-9H2. The zero-order valence-electron chi connectivity index (χ0n) is 9.43. The number of aliphatic hydroxyl groups excluding tert-OH is 1. The Kier molecular flexibility index (Phi) is 5.28. The molecule has 0 aliphatic carbocycles. The molecule has 0 atom stereocenters. The molecule has 1 aromatic carbocycles. The number of alkyl halides is 3. The molecule has 0 amide bonds. The first-order valence-electron chi connectivity index (χ1n) is 5.56. The van der Waals surface area contributed by atoms with Crippen molar-refractivity contribution < 1.29 is 18.3 Å². The van der Waals surface area contributed by atoms with Crippen LogP contribution in [0.2, 0.25) is 0 Å². The van der Waals surface area contributed by atoms with E-state index in [1.165, 1.54) is 12.1 Å². The van der Waals surface area contributed by atoms with Gasteiger partial charge in [0, 0.05) is 18.8 Å². The number of halogens is 3. The van der Waals surface area contributed by atoms with Crippen LogP contribution in [0.5, 0.6) is 0 Å². The van der Waals surface area contributed by atoms with Crippen molar-refractivity contribution in [1.82, 2.24) is 0 Å². The molecule has 96 valence electrons. The first kappa shape index (κ1) is 13.8. The van der Waals surface area contributed by atoms with Crippen LogP contribution in [0.15, 0.2) is 24.3 Å². The van der Waals surface area contributed by atoms with Gasteiger partial charge in [0.15, 0.2) is 0 Å². The van der Waals surface area contributed by atoms with Crippen LogP contribution in [-0.2, 0) is 6.18 Å². The molecule has 0 aromatic heterocycles. The summed E-state index contributed by atoms with van der Waals surface area (Å²) in [7, 11) is 0. The average molecular weight is 247 g/mol. The third-order valence-corrected chi connectivity index (χ3v) is 2.38. The number of para-hydroxylation sites is 1. The molecule has 1 rings (SSSR count). The van der Waals surface area contributed by atoms with Crippen molar-refractivity contribution in [2.24, 2.45) is 0 Å². The molecule has 17 heavy (non-hydrogen) atoms. The lowest BCUT2D eigenvalue weighted by Crippen LogP contribution is -2.11. The van der Waals surface area contributed by atoms with Crippen LogP contribution < -0.4 is 5.32 Å². The molecule has 2 N–H and O–H groups in total. The zero-order valence-corrected chi connectivity index (χ0v) is 9.43. The summed E-state index contributed by atoms with van der Waals surface area (Å²) in [6, 6.07) is 5.44.